The van der Waals surface area contributed by atoms with E-state index in [9.17, 15) is 13.2 Å². The zero-order chi connectivity index (χ0) is 19.4. The maximum Gasteiger partial charge on any atom is 0.262 e. The molecule has 0 saturated carbocycles. The number of nitrogens with one attached hydrogen (secondary N) is 1. The number of rotatable bonds is 6. The van der Waals surface area contributed by atoms with Gasteiger partial charge in [0.1, 0.15) is 5.75 Å². The van der Waals surface area contributed by atoms with Crippen LogP contribution in [0.2, 0.25) is 5.02 Å². The van der Waals surface area contributed by atoms with Crippen LogP contribution in [0.4, 0.5) is 5.69 Å². The van der Waals surface area contributed by atoms with Crippen LogP contribution >= 0.6 is 11.6 Å². The molecule has 1 N–H and O–H groups in total. The number of ether oxygens (including phenoxy) is 1. The minimum Gasteiger partial charge on any atom is -0.483 e. The smallest absolute Gasteiger partial charge is 0.262 e. The molecule has 6 nitrogen and oxygen atoms in total. The van der Waals surface area contributed by atoms with Gasteiger partial charge in [-0.2, -0.15) is 4.31 Å². The Morgan fingerprint density at radius 2 is 1.89 bits per heavy atom. The molecule has 2 aromatic rings. The molecule has 0 bridgehead atoms. The summed E-state index contributed by atoms with van der Waals surface area (Å²) in [4.78, 5) is 12.3. The van der Waals surface area contributed by atoms with Crippen molar-refractivity contribution in [1.29, 1.82) is 0 Å². The average Bonchev–Trinajstić information content (AvgIpc) is 3.18. The van der Waals surface area contributed by atoms with Gasteiger partial charge in [0.25, 0.3) is 5.91 Å². The van der Waals surface area contributed by atoms with Crippen LogP contribution in [0.3, 0.4) is 0 Å². The number of hydrogen-bond donors (Lipinski definition) is 1. The van der Waals surface area contributed by atoms with Crippen molar-refractivity contribution in [1.82, 2.24) is 4.31 Å². The first-order chi connectivity index (χ1) is 12.9. The monoisotopic (exact) mass is 408 g/mol. The van der Waals surface area contributed by atoms with Gasteiger partial charge in [0.15, 0.2) is 6.61 Å². The summed E-state index contributed by atoms with van der Waals surface area (Å²) in [6.45, 7) is 2.66. The molecule has 3 rings (SSSR count). The van der Waals surface area contributed by atoms with E-state index in [2.05, 4.69) is 5.32 Å². The lowest BCUT2D eigenvalue weighted by Crippen LogP contribution is -2.27. The topological polar surface area (TPSA) is 75.7 Å². The molecule has 0 unspecified atom stereocenters. The summed E-state index contributed by atoms with van der Waals surface area (Å²) in [5.41, 5.74) is 1.16. The lowest BCUT2D eigenvalue weighted by molar-refractivity contribution is -0.118. The maximum atomic E-state index is 12.6. The first kappa shape index (κ1) is 19.7. The molecule has 8 heteroatoms. The molecule has 1 fully saturated rings. The van der Waals surface area contributed by atoms with Crippen LogP contribution in [0.1, 0.15) is 18.4 Å². The zero-order valence-electron chi connectivity index (χ0n) is 14.9. The number of aryl methyl sites for hydroxylation is 1. The molecule has 2 aromatic carbocycles. The van der Waals surface area contributed by atoms with Gasteiger partial charge < -0.3 is 10.1 Å². The number of anilines is 1. The van der Waals surface area contributed by atoms with Crippen LogP contribution in [0, 0.1) is 6.92 Å². The summed E-state index contributed by atoms with van der Waals surface area (Å²) >= 11 is 6.01. The van der Waals surface area contributed by atoms with Crippen molar-refractivity contribution < 1.29 is 17.9 Å². The van der Waals surface area contributed by atoms with E-state index < -0.39 is 10.0 Å². The second-order valence-corrected chi connectivity index (χ2v) is 8.70. The fourth-order valence-corrected chi connectivity index (χ4v) is 4.70. The summed E-state index contributed by atoms with van der Waals surface area (Å²) in [5.74, 6) is 0.112. The summed E-state index contributed by atoms with van der Waals surface area (Å²) in [7, 11) is -3.47. The van der Waals surface area contributed by atoms with Crippen LogP contribution in [0.5, 0.6) is 5.75 Å². The molecule has 0 aromatic heterocycles. The Morgan fingerprint density at radius 1 is 1.19 bits per heavy atom. The Labute approximate surface area is 164 Å². The quantitative estimate of drug-likeness (QED) is 0.794. The number of benzene rings is 2. The summed E-state index contributed by atoms with van der Waals surface area (Å²) < 4.78 is 32.3. The number of sulfonamides is 1. The molecule has 27 heavy (non-hydrogen) atoms. The van der Waals surface area contributed by atoms with Crippen molar-refractivity contribution in [2.45, 2.75) is 24.7 Å². The fourth-order valence-electron chi connectivity index (χ4n) is 2.91. The van der Waals surface area contributed by atoms with Gasteiger partial charge in [0.2, 0.25) is 10.0 Å². The Bertz CT molecular complexity index is 940. The maximum absolute atomic E-state index is 12.6. The third-order valence-corrected chi connectivity index (χ3v) is 6.58. The Kier molecular flexibility index (Phi) is 6.04. The number of para-hydroxylation sites is 1. The summed E-state index contributed by atoms with van der Waals surface area (Å²) in [6, 6.07) is 11.6. The minimum absolute atomic E-state index is 0.204. The van der Waals surface area contributed by atoms with E-state index in [4.69, 9.17) is 16.3 Å². The molecule has 0 spiro atoms. The van der Waals surface area contributed by atoms with Crippen molar-refractivity contribution in [2.24, 2.45) is 0 Å². The van der Waals surface area contributed by atoms with Crippen molar-refractivity contribution in [2.75, 3.05) is 25.0 Å². The molecule has 0 aliphatic carbocycles. The van der Waals surface area contributed by atoms with Gasteiger partial charge in [-0.25, -0.2) is 8.42 Å². The highest BCUT2D eigenvalue weighted by Crippen LogP contribution is 2.26. The van der Waals surface area contributed by atoms with Gasteiger partial charge in [-0.3, -0.25) is 4.79 Å². The van der Waals surface area contributed by atoms with Crippen molar-refractivity contribution in [3.63, 3.8) is 0 Å². The van der Waals surface area contributed by atoms with Crippen molar-refractivity contribution >= 4 is 33.2 Å². The molecule has 0 radical (unpaired) electrons. The summed E-state index contributed by atoms with van der Waals surface area (Å²) in [5, 5.41) is 3.12. The first-order valence-electron chi connectivity index (χ1n) is 8.66. The van der Waals surface area contributed by atoms with Crippen LogP contribution < -0.4 is 10.1 Å². The second-order valence-electron chi connectivity index (χ2n) is 6.36. The highest BCUT2D eigenvalue weighted by Gasteiger charge is 2.27. The molecule has 1 heterocycles. The van der Waals surface area contributed by atoms with Crippen molar-refractivity contribution in [3.05, 3.63) is 53.1 Å². The number of amides is 1. The number of carbonyl (C=O) groups is 1. The lowest BCUT2D eigenvalue weighted by Gasteiger charge is -2.17. The van der Waals surface area contributed by atoms with E-state index >= 15 is 0 Å². The van der Waals surface area contributed by atoms with E-state index in [1.807, 2.05) is 0 Å². The average molecular weight is 409 g/mol. The van der Waals surface area contributed by atoms with E-state index in [-0.39, 0.29) is 17.4 Å². The molecule has 144 valence electrons. The lowest BCUT2D eigenvalue weighted by atomic mass is 10.2. The third-order valence-electron chi connectivity index (χ3n) is 4.36. The SMILES string of the molecule is Cc1cc(S(=O)(=O)N2CCCC2)ccc1OCC(=O)Nc1ccccc1Cl. The Morgan fingerprint density at radius 3 is 2.56 bits per heavy atom. The number of carbonyl (C=O) groups excluding carboxylic acids is 1. The summed E-state index contributed by atoms with van der Waals surface area (Å²) in [6.07, 6.45) is 1.78. The van der Waals surface area contributed by atoms with Crippen LogP contribution in [0.25, 0.3) is 0 Å². The third kappa shape index (κ3) is 4.61. The van der Waals surface area contributed by atoms with E-state index in [1.165, 1.54) is 10.4 Å². The zero-order valence-corrected chi connectivity index (χ0v) is 16.5. The minimum atomic E-state index is -3.47. The normalized spacial score (nSPS) is 14.9. The van der Waals surface area contributed by atoms with Crippen LogP contribution in [-0.4, -0.2) is 38.3 Å². The van der Waals surface area contributed by atoms with Gasteiger partial charge in [0, 0.05) is 13.1 Å². The highest BCUT2D eigenvalue weighted by molar-refractivity contribution is 7.89. The first-order valence-corrected chi connectivity index (χ1v) is 10.5. The number of nitrogens with zero attached hydrogens (tertiary/aromatic N) is 1. The molecule has 0 atom stereocenters. The van der Waals surface area contributed by atoms with E-state index in [1.54, 1.807) is 43.3 Å². The predicted molar refractivity (Wildman–Crippen MR) is 105 cm³/mol. The van der Waals surface area contributed by atoms with Crippen molar-refractivity contribution in [3.8, 4) is 5.75 Å². The van der Waals surface area contributed by atoms with Gasteiger partial charge in [-0.1, -0.05) is 23.7 Å². The fraction of sp³-hybridized carbons (Fsp3) is 0.316. The Balaban J connectivity index is 1.64. The van der Waals surface area contributed by atoms with E-state index in [0.717, 1.165) is 12.8 Å². The molecule has 1 amide bonds. The van der Waals surface area contributed by atoms with Gasteiger partial charge in [-0.15, -0.1) is 0 Å². The standard InChI is InChI=1S/C19H21ClN2O4S/c1-14-12-15(27(24,25)22-10-4-5-11-22)8-9-18(14)26-13-19(23)21-17-7-3-2-6-16(17)20/h2-3,6-9,12H,4-5,10-11,13H2,1H3,(H,21,23). The number of hydrogen-bond acceptors (Lipinski definition) is 4. The van der Waals surface area contributed by atoms with Gasteiger partial charge in [-0.05, 0) is 55.7 Å². The molecular formula is C19H21ClN2O4S. The molecule has 1 aliphatic rings. The molecular weight excluding hydrogens is 388 g/mol. The number of halogens is 1. The molecule has 1 aliphatic heterocycles. The largest absolute Gasteiger partial charge is 0.483 e. The van der Waals surface area contributed by atoms with E-state index in [0.29, 0.717) is 35.1 Å². The van der Waals surface area contributed by atoms with Crippen LogP contribution in [0.15, 0.2) is 47.4 Å². The molecule has 1 saturated heterocycles. The predicted octanol–water partition coefficient (Wildman–Crippen LogP) is 3.45. The highest BCUT2D eigenvalue weighted by atomic mass is 35.5. The second kappa shape index (κ2) is 8.29. The van der Waals surface area contributed by atoms with Crippen LogP contribution in [-0.2, 0) is 14.8 Å². The van der Waals surface area contributed by atoms with Gasteiger partial charge in [0.05, 0.1) is 15.6 Å². The van der Waals surface area contributed by atoms with Gasteiger partial charge >= 0.3 is 0 Å². The Hall–Kier alpha value is -2.09.